The van der Waals surface area contributed by atoms with Gasteiger partial charge in [0.05, 0.1) is 17.8 Å². The fraction of sp³-hybridized carbons (Fsp3) is 0.393. The van der Waals surface area contributed by atoms with Crippen LogP contribution >= 0.6 is 23.5 Å². The first-order chi connectivity index (χ1) is 17.0. The van der Waals surface area contributed by atoms with E-state index in [1.54, 1.807) is 43.4 Å². The first-order valence-electron chi connectivity index (χ1n) is 12.0. The number of carbonyl (C=O) groups excluding carboxylic acids is 3. The highest BCUT2D eigenvalue weighted by molar-refractivity contribution is 8.17. The van der Waals surface area contributed by atoms with Crippen LogP contribution in [0.1, 0.15) is 46.0 Å². The summed E-state index contributed by atoms with van der Waals surface area (Å²) >= 11 is 3.35. The average molecular weight is 513 g/mol. The number of carbonyl (C=O) groups is 3. The van der Waals surface area contributed by atoms with Crippen LogP contribution in [0.4, 0.5) is 0 Å². The molecule has 3 rings (SSSR count). The minimum Gasteiger partial charge on any atom is -0.465 e. The lowest BCUT2D eigenvalue weighted by Crippen LogP contribution is -2.46. The molecule has 35 heavy (non-hydrogen) atoms. The van der Waals surface area contributed by atoms with Gasteiger partial charge in [-0.1, -0.05) is 42.5 Å². The lowest BCUT2D eigenvalue weighted by Gasteiger charge is -2.33. The molecule has 0 heterocycles. The Labute approximate surface area is 216 Å². The van der Waals surface area contributed by atoms with Gasteiger partial charge in [0.15, 0.2) is 11.2 Å². The third-order valence-corrected chi connectivity index (χ3v) is 8.40. The van der Waals surface area contributed by atoms with Crippen LogP contribution in [0.25, 0.3) is 0 Å². The number of ketones is 1. The van der Waals surface area contributed by atoms with Crippen LogP contribution in [0.15, 0.2) is 82.1 Å². The zero-order chi connectivity index (χ0) is 25.1. The summed E-state index contributed by atoms with van der Waals surface area (Å²) in [5, 5.41) is 0. The van der Waals surface area contributed by atoms with E-state index < -0.39 is 17.4 Å². The molecule has 2 aromatic rings. The van der Waals surface area contributed by atoms with Crippen molar-refractivity contribution in [1.82, 2.24) is 0 Å². The highest BCUT2D eigenvalue weighted by Gasteiger charge is 2.54. The Bertz CT molecular complexity index is 961. The number of esters is 2. The molecular weight excluding hydrogens is 480 g/mol. The van der Waals surface area contributed by atoms with Crippen molar-refractivity contribution >= 4 is 41.2 Å². The molecule has 0 saturated carbocycles. The molecule has 1 aliphatic carbocycles. The number of hydrogen-bond acceptors (Lipinski definition) is 7. The summed E-state index contributed by atoms with van der Waals surface area (Å²) in [6.45, 7) is 3.62. The predicted octanol–water partition coefficient (Wildman–Crippen LogP) is 6.47. The molecule has 186 valence electrons. The zero-order valence-electron chi connectivity index (χ0n) is 20.2. The van der Waals surface area contributed by atoms with Crippen LogP contribution in [0.3, 0.4) is 0 Å². The third kappa shape index (κ3) is 7.01. The summed E-state index contributed by atoms with van der Waals surface area (Å²) in [5.41, 5.74) is -1.52. The molecule has 0 saturated heterocycles. The fourth-order valence-corrected chi connectivity index (χ4v) is 6.66. The highest BCUT2D eigenvalue weighted by Crippen LogP contribution is 2.45. The van der Waals surface area contributed by atoms with E-state index in [9.17, 15) is 14.4 Å². The summed E-state index contributed by atoms with van der Waals surface area (Å²) in [6.07, 6.45) is 4.02. The van der Waals surface area contributed by atoms with Crippen LogP contribution in [-0.2, 0) is 23.9 Å². The van der Waals surface area contributed by atoms with Gasteiger partial charge < -0.3 is 9.47 Å². The van der Waals surface area contributed by atoms with Gasteiger partial charge in [-0.05, 0) is 63.8 Å². The van der Waals surface area contributed by atoms with Crippen molar-refractivity contribution in [3.8, 4) is 0 Å². The van der Waals surface area contributed by atoms with E-state index in [1.807, 2.05) is 60.7 Å². The summed E-state index contributed by atoms with van der Waals surface area (Å²) in [6, 6.07) is 20.0. The minimum atomic E-state index is -1.75. The van der Waals surface area contributed by atoms with E-state index in [-0.39, 0.29) is 35.6 Å². The van der Waals surface area contributed by atoms with Crippen LogP contribution in [0.2, 0.25) is 0 Å². The molecule has 0 bridgehead atoms. The second-order valence-corrected chi connectivity index (χ2v) is 11.0. The van der Waals surface area contributed by atoms with Gasteiger partial charge in [0, 0.05) is 21.8 Å². The lowest BCUT2D eigenvalue weighted by atomic mass is 9.71. The van der Waals surface area contributed by atoms with Crippen molar-refractivity contribution < 1.29 is 23.9 Å². The van der Waals surface area contributed by atoms with Gasteiger partial charge in [-0.3, -0.25) is 14.4 Å². The van der Waals surface area contributed by atoms with Gasteiger partial charge in [0.25, 0.3) is 0 Å². The predicted molar refractivity (Wildman–Crippen MR) is 140 cm³/mol. The minimum absolute atomic E-state index is 0.0117. The van der Waals surface area contributed by atoms with E-state index in [0.29, 0.717) is 25.7 Å². The first kappa shape index (κ1) is 27.1. The monoisotopic (exact) mass is 512 g/mol. The van der Waals surface area contributed by atoms with Crippen LogP contribution < -0.4 is 0 Å². The van der Waals surface area contributed by atoms with Crippen molar-refractivity contribution in [3.05, 3.63) is 72.3 Å². The molecule has 7 heteroatoms. The number of thioether (sulfide) groups is 2. The summed E-state index contributed by atoms with van der Waals surface area (Å²) in [5.74, 6) is -1.58. The Morgan fingerprint density at radius 2 is 1.40 bits per heavy atom. The van der Waals surface area contributed by atoms with Crippen LogP contribution in [0, 0.1) is 5.41 Å². The molecule has 0 amide bonds. The average Bonchev–Trinajstić information content (AvgIpc) is 2.87. The molecule has 0 aliphatic heterocycles. The fourth-order valence-electron chi connectivity index (χ4n) is 4.10. The lowest BCUT2D eigenvalue weighted by molar-refractivity contribution is -0.170. The zero-order valence-corrected chi connectivity index (χ0v) is 21.9. The largest absolute Gasteiger partial charge is 0.465 e. The van der Waals surface area contributed by atoms with E-state index in [4.69, 9.17) is 9.47 Å². The maximum Gasteiger partial charge on any atom is 0.328 e. The molecule has 0 unspecified atom stereocenters. The number of Topliss-reactive ketones (excluding diaryl/α,β-unsaturated/α-hetero) is 1. The smallest absolute Gasteiger partial charge is 0.328 e. The molecule has 0 aromatic heterocycles. The SMILES string of the molecule is CCOC(=O)C(CCC(Sc1ccccc1)Sc1ccccc1)(C(=O)OCC)C1=CCCCC1=O. The Balaban J connectivity index is 1.97. The van der Waals surface area contributed by atoms with Crippen molar-refractivity contribution in [2.75, 3.05) is 13.2 Å². The Morgan fingerprint density at radius 1 is 0.886 bits per heavy atom. The molecule has 0 fully saturated rings. The van der Waals surface area contributed by atoms with Crippen molar-refractivity contribution in [2.24, 2.45) is 5.41 Å². The molecule has 0 atom stereocenters. The Morgan fingerprint density at radius 3 is 1.86 bits per heavy atom. The highest BCUT2D eigenvalue weighted by atomic mass is 32.2. The maximum atomic E-state index is 13.4. The molecule has 0 radical (unpaired) electrons. The number of ether oxygens (including phenoxy) is 2. The number of hydrogen-bond donors (Lipinski definition) is 0. The van der Waals surface area contributed by atoms with E-state index in [2.05, 4.69) is 0 Å². The van der Waals surface area contributed by atoms with Gasteiger partial charge >= 0.3 is 11.9 Å². The van der Waals surface area contributed by atoms with Gasteiger partial charge in [0.1, 0.15) is 0 Å². The molecule has 0 N–H and O–H groups in total. The first-order valence-corrected chi connectivity index (χ1v) is 13.8. The maximum absolute atomic E-state index is 13.4. The summed E-state index contributed by atoms with van der Waals surface area (Å²) in [4.78, 5) is 42.0. The Kier molecular flexibility index (Phi) is 10.5. The van der Waals surface area contributed by atoms with Crippen molar-refractivity contribution in [2.45, 2.75) is 60.3 Å². The molecule has 5 nitrogen and oxygen atoms in total. The number of benzene rings is 2. The van der Waals surface area contributed by atoms with Gasteiger partial charge in [-0.2, -0.15) is 0 Å². The number of allylic oxidation sites excluding steroid dienone is 1. The van der Waals surface area contributed by atoms with Crippen LogP contribution in [-0.4, -0.2) is 35.5 Å². The molecule has 1 aliphatic rings. The molecular formula is C28H32O5S2. The standard InChI is InChI=1S/C28H32O5S2/c1-3-32-26(30)28(27(31)33-4-2,23-17-11-12-18-24(23)29)20-19-25(34-21-13-7-5-8-14-21)35-22-15-9-6-10-16-22/h5-10,13-17,25H,3-4,11-12,18-20H2,1-2H3. The topological polar surface area (TPSA) is 69.7 Å². The third-order valence-electron chi connectivity index (χ3n) is 5.74. The van der Waals surface area contributed by atoms with E-state index in [0.717, 1.165) is 9.79 Å². The quantitative estimate of drug-likeness (QED) is 0.140. The second kappa shape index (κ2) is 13.5. The molecule has 0 spiro atoms. The van der Waals surface area contributed by atoms with Crippen molar-refractivity contribution in [3.63, 3.8) is 0 Å². The summed E-state index contributed by atoms with van der Waals surface area (Å²) < 4.78 is 10.8. The normalized spacial score (nSPS) is 13.9. The van der Waals surface area contributed by atoms with Crippen LogP contribution in [0.5, 0.6) is 0 Å². The number of rotatable bonds is 12. The van der Waals surface area contributed by atoms with Gasteiger partial charge in [-0.15, -0.1) is 23.5 Å². The van der Waals surface area contributed by atoms with E-state index in [1.165, 1.54) is 0 Å². The van der Waals surface area contributed by atoms with Gasteiger partial charge in [0.2, 0.25) is 0 Å². The molecule has 2 aromatic carbocycles. The Hall–Kier alpha value is -2.51. The van der Waals surface area contributed by atoms with E-state index >= 15 is 0 Å². The summed E-state index contributed by atoms with van der Waals surface area (Å²) in [7, 11) is 0. The van der Waals surface area contributed by atoms with Gasteiger partial charge in [-0.25, -0.2) is 0 Å². The second-order valence-electron chi connectivity index (χ2n) is 8.11. The van der Waals surface area contributed by atoms with Crippen molar-refractivity contribution in [1.29, 1.82) is 0 Å².